The molecule has 0 saturated heterocycles. The Bertz CT molecular complexity index is 577. The molecule has 2 aromatic rings. The number of nitrogens with one attached hydrogen (secondary N) is 1. The molecule has 0 amide bonds. The summed E-state index contributed by atoms with van der Waals surface area (Å²) in [5, 5.41) is 12.1. The molecule has 2 N–H and O–H groups in total. The van der Waals surface area contributed by atoms with Crippen molar-refractivity contribution in [3.05, 3.63) is 54.1 Å². The second kappa shape index (κ2) is 5.44. The van der Waals surface area contributed by atoms with Crippen LogP contribution in [0.1, 0.15) is 10.4 Å². The number of hydrogen-bond donors (Lipinski definition) is 2. The topological polar surface area (TPSA) is 52.6 Å². The van der Waals surface area contributed by atoms with E-state index in [1.54, 1.807) is 24.3 Å². The van der Waals surface area contributed by atoms with Gasteiger partial charge in [-0.05, 0) is 36.4 Å². The fourth-order valence-corrected chi connectivity index (χ4v) is 1.82. The summed E-state index contributed by atoms with van der Waals surface area (Å²) in [7, 11) is 3.96. The van der Waals surface area contributed by atoms with E-state index in [0.29, 0.717) is 0 Å². The number of carboxylic acid groups (broad SMARTS) is 1. The molecule has 4 heteroatoms. The van der Waals surface area contributed by atoms with Crippen LogP contribution in [0.2, 0.25) is 0 Å². The van der Waals surface area contributed by atoms with Crippen LogP contribution in [-0.2, 0) is 0 Å². The van der Waals surface area contributed by atoms with Crippen molar-refractivity contribution in [3.63, 3.8) is 0 Å². The Labute approximate surface area is 112 Å². The number of hydrogen-bond acceptors (Lipinski definition) is 3. The average Bonchev–Trinajstić information content (AvgIpc) is 2.39. The summed E-state index contributed by atoms with van der Waals surface area (Å²) in [6.07, 6.45) is 0. The van der Waals surface area contributed by atoms with Crippen LogP contribution < -0.4 is 10.2 Å². The van der Waals surface area contributed by atoms with Crippen LogP contribution in [0.25, 0.3) is 0 Å². The number of nitrogens with zero attached hydrogens (tertiary/aromatic N) is 1. The van der Waals surface area contributed by atoms with Crippen LogP contribution in [0.15, 0.2) is 48.5 Å². The van der Waals surface area contributed by atoms with Gasteiger partial charge >= 0.3 is 5.97 Å². The fraction of sp³-hybridized carbons (Fsp3) is 0.133. The van der Waals surface area contributed by atoms with E-state index >= 15 is 0 Å². The summed E-state index contributed by atoms with van der Waals surface area (Å²) < 4.78 is 0. The Morgan fingerprint density at radius 1 is 1.05 bits per heavy atom. The van der Waals surface area contributed by atoms with Crippen molar-refractivity contribution in [3.8, 4) is 0 Å². The minimum atomic E-state index is -0.916. The molecule has 19 heavy (non-hydrogen) atoms. The molecular formula is C15H16N2O2. The van der Waals surface area contributed by atoms with Crippen molar-refractivity contribution in [1.82, 2.24) is 0 Å². The van der Waals surface area contributed by atoms with E-state index in [1.807, 2.05) is 43.3 Å². The van der Waals surface area contributed by atoms with Gasteiger partial charge in [-0.3, -0.25) is 0 Å². The van der Waals surface area contributed by atoms with Crippen molar-refractivity contribution >= 4 is 23.0 Å². The van der Waals surface area contributed by atoms with E-state index < -0.39 is 5.97 Å². The predicted molar refractivity (Wildman–Crippen MR) is 77.5 cm³/mol. The molecule has 0 atom stereocenters. The second-order valence-electron chi connectivity index (χ2n) is 4.42. The Hall–Kier alpha value is -2.49. The van der Waals surface area contributed by atoms with Gasteiger partial charge in [-0.2, -0.15) is 0 Å². The molecule has 2 rings (SSSR count). The van der Waals surface area contributed by atoms with Crippen LogP contribution in [0.5, 0.6) is 0 Å². The van der Waals surface area contributed by atoms with Crippen LogP contribution in [0.4, 0.5) is 17.1 Å². The molecular weight excluding hydrogens is 240 g/mol. The number of rotatable bonds is 4. The first-order chi connectivity index (χ1) is 9.08. The number of carboxylic acids is 1. The Morgan fingerprint density at radius 3 is 2.26 bits per heavy atom. The highest BCUT2D eigenvalue weighted by Crippen LogP contribution is 2.27. The largest absolute Gasteiger partial charge is 0.478 e. The lowest BCUT2D eigenvalue weighted by atomic mass is 10.2. The van der Waals surface area contributed by atoms with Gasteiger partial charge in [0, 0.05) is 19.8 Å². The zero-order valence-corrected chi connectivity index (χ0v) is 10.9. The SMILES string of the molecule is CN(C)c1ccccc1Nc1ccc(C(=O)O)cc1. The van der Waals surface area contributed by atoms with Gasteiger partial charge in [0.1, 0.15) is 0 Å². The number of anilines is 3. The lowest BCUT2D eigenvalue weighted by molar-refractivity contribution is 0.0697. The van der Waals surface area contributed by atoms with Crippen molar-refractivity contribution in [2.45, 2.75) is 0 Å². The second-order valence-corrected chi connectivity index (χ2v) is 4.42. The van der Waals surface area contributed by atoms with Crippen LogP contribution >= 0.6 is 0 Å². The lowest BCUT2D eigenvalue weighted by Gasteiger charge is -2.18. The molecule has 2 aromatic carbocycles. The monoisotopic (exact) mass is 256 g/mol. The minimum Gasteiger partial charge on any atom is -0.478 e. The summed E-state index contributed by atoms with van der Waals surface area (Å²) in [5.74, 6) is -0.916. The molecule has 0 bridgehead atoms. The first kappa shape index (κ1) is 13.0. The third kappa shape index (κ3) is 3.04. The Morgan fingerprint density at radius 2 is 1.68 bits per heavy atom. The molecule has 0 heterocycles. The van der Waals surface area contributed by atoms with Gasteiger partial charge in [-0.25, -0.2) is 4.79 Å². The Balaban J connectivity index is 2.24. The van der Waals surface area contributed by atoms with Crippen molar-refractivity contribution in [2.24, 2.45) is 0 Å². The molecule has 0 aliphatic rings. The predicted octanol–water partition coefficient (Wildman–Crippen LogP) is 3.19. The van der Waals surface area contributed by atoms with E-state index in [4.69, 9.17) is 5.11 Å². The third-order valence-corrected chi connectivity index (χ3v) is 2.80. The quantitative estimate of drug-likeness (QED) is 0.882. The van der Waals surface area contributed by atoms with Crippen LogP contribution in [0.3, 0.4) is 0 Å². The van der Waals surface area contributed by atoms with Gasteiger partial charge in [0.2, 0.25) is 0 Å². The maximum absolute atomic E-state index is 10.8. The van der Waals surface area contributed by atoms with E-state index in [0.717, 1.165) is 17.1 Å². The van der Waals surface area contributed by atoms with E-state index in [1.165, 1.54) is 0 Å². The summed E-state index contributed by atoms with van der Waals surface area (Å²) in [6.45, 7) is 0. The summed E-state index contributed by atoms with van der Waals surface area (Å²) in [4.78, 5) is 12.8. The summed E-state index contributed by atoms with van der Waals surface area (Å²) >= 11 is 0. The highest BCUT2D eigenvalue weighted by Gasteiger charge is 2.05. The van der Waals surface area contributed by atoms with Gasteiger partial charge in [0.15, 0.2) is 0 Å². The zero-order chi connectivity index (χ0) is 13.8. The van der Waals surface area contributed by atoms with Gasteiger partial charge in [-0.1, -0.05) is 12.1 Å². The van der Waals surface area contributed by atoms with Gasteiger partial charge in [0.25, 0.3) is 0 Å². The van der Waals surface area contributed by atoms with Gasteiger partial charge in [0.05, 0.1) is 16.9 Å². The minimum absolute atomic E-state index is 0.284. The first-order valence-electron chi connectivity index (χ1n) is 5.94. The van der Waals surface area contributed by atoms with E-state index in [-0.39, 0.29) is 5.56 Å². The molecule has 0 fully saturated rings. The molecule has 4 nitrogen and oxygen atoms in total. The summed E-state index contributed by atoms with van der Waals surface area (Å²) in [5.41, 5.74) is 3.20. The van der Waals surface area contributed by atoms with Crippen molar-refractivity contribution in [1.29, 1.82) is 0 Å². The maximum Gasteiger partial charge on any atom is 0.335 e. The standard InChI is InChI=1S/C15H16N2O2/c1-17(2)14-6-4-3-5-13(14)16-12-9-7-11(8-10-12)15(18)19/h3-10,16H,1-2H3,(H,18,19). The van der Waals surface area contributed by atoms with Gasteiger partial charge < -0.3 is 15.3 Å². The normalized spacial score (nSPS) is 10.0. The Kier molecular flexibility index (Phi) is 3.71. The highest BCUT2D eigenvalue weighted by molar-refractivity contribution is 5.88. The third-order valence-electron chi connectivity index (χ3n) is 2.80. The van der Waals surface area contributed by atoms with Crippen LogP contribution in [0, 0.1) is 0 Å². The van der Waals surface area contributed by atoms with E-state index in [2.05, 4.69) is 5.32 Å². The van der Waals surface area contributed by atoms with Gasteiger partial charge in [-0.15, -0.1) is 0 Å². The molecule has 0 aromatic heterocycles. The fourth-order valence-electron chi connectivity index (χ4n) is 1.82. The van der Waals surface area contributed by atoms with E-state index in [9.17, 15) is 4.79 Å². The number of carbonyl (C=O) groups is 1. The number of aromatic carboxylic acids is 1. The molecule has 0 saturated carbocycles. The number of para-hydroxylation sites is 2. The first-order valence-corrected chi connectivity index (χ1v) is 5.94. The molecule has 0 unspecified atom stereocenters. The van der Waals surface area contributed by atoms with Crippen molar-refractivity contribution in [2.75, 3.05) is 24.3 Å². The maximum atomic E-state index is 10.8. The molecule has 98 valence electrons. The molecule has 0 aliphatic heterocycles. The smallest absolute Gasteiger partial charge is 0.335 e. The molecule has 0 aliphatic carbocycles. The van der Waals surface area contributed by atoms with Crippen molar-refractivity contribution < 1.29 is 9.90 Å². The number of benzene rings is 2. The summed E-state index contributed by atoms with van der Waals surface area (Å²) in [6, 6.07) is 14.6. The van der Waals surface area contributed by atoms with Crippen LogP contribution in [-0.4, -0.2) is 25.2 Å². The zero-order valence-electron chi connectivity index (χ0n) is 10.9. The highest BCUT2D eigenvalue weighted by atomic mass is 16.4. The lowest BCUT2D eigenvalue weighted by Crippen LogP contribution is -2.10. The average molecular weight is 256 g/mol. The molecule has 0 spiro atoms. The molecule has 0 radical (unpaired) electrons.